The fourth-order valence-corrected chi connectivity index (χ4v) is 2.48. The summed E-state index contributed by atoms with van der Waals surface area (Å²) < 4.78 is 0. The number of benzene rings is 1. The summed E-state index contributed by atoms with van der Waals surface area (Å²) in [5.41, 5.74) is 4.10. The fraction of sp³-hybridized carbons (Fsp3) is 0. The standard InChI is InChI=1S/C20H12.2C5H5.2Fe/c1-2-6-17(5-1)9-11-19-13-15-20(16-14-19)12-10-18-7-3-4-8-18;2*1-2-4-5-3-1;;/h1-8,13-16H;2*1-5H;;/q-2;-5;-1;;. The first-order chi connectivity index (χ1) is 14.9. The van der Waals surface area contributed by atoms with Gasteiger partial charge in [0.2, 0.25) is 0 Å². The molecule has 0 unspecified atom stereocenters. The topological polar surface area (TPSA) is 0 Å². The predicted octanol–water partition coefficient (Wildman–Crippen LogP) is 6.73. The van der Waals surface area contributed by atoms with Gasteiger partial charge in [-0.15, -0.1) is 24.3 Å². The zero-order chi connectivity index (χ0) is 20.7. The minimum Gasteiger partial charge on any atom is -0.748 e. The summed E-state index contributed by atoms with van der Waals surface area (Å²) in [5.74, 6) is 12.5. The fourth-order valence-electron chi connectivity index (χ4n) is 2.48. The van der Waals surface area contributed by atoms with E-state index in [-0.39, 0.29) is 34.1 Å². The van der Waals surface area contributed by atoms with Gasteiger partial charge in [0.05, 0.1) is 0 Å². The Bertz CT molecular complexity index is 1020. The van der Waals surface area contributed by atoms with E-state index in [1.54, 1.807) is 0 Å². The molecule has 0 heterocycles. The van der Waals surface area contributed by atoms with Gasteiger partial charge < -0.3 is 30.3 Å². The Morgan fingerprint density at radius 1 is 0.500 bits per heavy atom. The molecule has 0 N–H and O–H groups in total. The van der Waals surface area contributed by atoms with Crippen LogP contribution in [0.4, 0.5) is 0 Å². The first kappa shape index (κ1) is 26.8. The van der Waals surface area contributed by atoms with E-state index in [1.807, 2.05) is 133 Å². The van der Waals surface area contributed by atoms with Gasteiger partial charge in [-0.2, -0.15) is 66.1 Å². The molecule has 0 atom stereocenters. The second-order valence-corrected chi connectivity index (χ2v) is 6.35. The molecule has 0 aromatic heterocycles. The molecule has 166 valence electrons. The molecule has 2 heteroatoms. The Kier molecular flexibility index (Phi) is 13.8. The Labute approximate surface area is 212 Å². The summed E-state index contributed by atoms with van der Waals surface area (Å²) in [4.78, 5) is 0. The van der Waals surface area contributed by atoms with Gasteiger partial charge in [-0.05, 0) is 11.1 Å². The first-order valence-corrected chi connectivity index (χ1v) is 9.81. The maximum absolute atomic E-state index is 3.15. The Morgan fingerprint density at radius 3 is 1.12 bits per heavy atom. The van der Waals surface area contributed by atoms with Gasteiger partial charge >= 0.3 is 0 Å². The van der Waals surface area contributed by atoms with Crippen LogP contribution in [0.25, 0.3) is 0 Å². The second-order valence-electron chi connectivity index (χ2n) is 6.35. The maximum Gasteiger partial charge on any atom is 0 e. The molecular formula is C30H22Fe2-8. The zero-order valence-electron chi connectivity index (χ0n) is 17.4. The Hall–Kier alpha value is -3.22. The smallest absolute Gasteiger partial charge is 0 e. The van der Waals surface area contributed by atoms with Crippen LogP contribution in [0.5, 0.6) is 0 Å². The molecule has 5 aromatic carbocycles. The van der Waals surface area contributed by atoms with Gasteiger partial charge in [0.25, 0.3) is 0 Å². The van der Waals surface area contributed by atoms with Crippen molar-refractivity contribution in [1.82, 2.24) is 0 Å². The van der Waals surface area contributed by atoms with Gasteiger partial charge in [-0.1, -0.05) is 35.4 Å². The number of rotatable bonds is 0. The van der Waals surface area contributed by atoms with Crippen LogP contribution < -0.4 is 0 Å². The van der Waals surface area contributed by atoms with Crippen molar-refractivity contribution >= 4 is 0 Å². The van der Waals surface area contributed by atoms with Crippen LogP contribution in [0, 0.1) is 23.7 Å². The van der Waals surface area contributed by atoms with Gasteiger partial charge in [-0.3, -0.25) is 0 Å². The van der Waals surface area contributed by atoms with E-state index in [2.05, 4.69) is 23.7 Å². The number of hydrogen-bond acceptors (Lipinski definition) is 0. The molecule has 0 aliphatic rings. The van der Waals surface area contributed by atoms with Gasteiger partial charge in [0, 0.05) is 34.1 Å². The Morgan fingerprint density at radius 2 is 0.844 bits per heavy atom. The molecule has 0 radical (unpaired) electrons. The molecule has 0 spiro atoms. The molecule has 0 amide bonds. The largest absolute Gasteiger partial charge is 0.748 e. The summed E-state index contributed by atoms with van der Waals surface area (Å²) >= 11 is 0. The molecular weight excluding hydrogens is 472 g/mol. The van der Waals surface area contributed by atoms with Crippen molar-refractivity contribution in [3.05, 3.63) is 156 Å². The third kappa shape index (κ3) is 10.7. The molecule has 32 heavy (non-hydrogen) atoms. The summed E-state index contributed by atoms with van der Waals surface area (Å²) in [6.07, 6.45) is 0. The van der Waals surface area contributed by atoms with Crippen LogP contribution >= 0.6 is 0 Å². The van der Waals surface area contributed by atoms with E-state index in [0.717, 1.165) is 22.3 Å². The van der Waals surface area contributed by atoms with E-state index >= 15 is 0 Å². The second kappa shape index (κ2) is 16.5. The van der Waals surface area contributed by atoms with Crippen LogP contribution in [-0.4, -0.2) is 0 Å². The van der Waals surface area contributed by atoms with Gasteiger partial charge in [-0.25, -0.2) is 12.1 Å². The summed E-state index contributed by atoms with van der Waals surface area (Å²) in [6, 6.07) is 44.0. The molecule has 0 aliphatic heterocycles. The average Bonchev–Trinajstić information content (AvgIpc) is 3.63. The van der Waals surface area contributed by atoms with Crippen LogP contribution in [-0.2, 0) is 34.1 Å². The van der Waals surface area contributed by atoms with Crippen LogP contribution in [0.1, 0.15) is 22.3 Å². The van der Waals surface area contributed by atoms with Gasteiger partial charge in [0.15, 0.2) is 0 Å². The summed E-state index contributed by atoms with van der Waals surface area (Å²) in [7, 11) is 0. The monoisotopic (exact) mass is 494 g/mol. The van der Waals surface area contributed by atoms with E-state index in [9.17, 15) is 0 Å². The number of hydrogen-bond donors (Lipinski definition) is 0. The minimum absolute atomic E-state index is 0. The minimum atomic E-state index is 0. The molecule has 0 aliphatic carbocycles. The van der Waals surface area contributed by atoms with Crippen molar-refractivity contribution in [3.63, 3.8) is 0 Å². The first-order valence-electron chi connectivity index (χ1n) is 9.81. The van der Waals surface area contributed by atoms with Crippen molar-refractivity contribution in [2.24, 2.45) is 0 Å². The van der Waals surface area contributed by atoms with Crippen LogP contribution in [0.2, 0.25) is 0 Å². The van der Waals surface area contributed by atoms with E-state index in [4.69, 9.17) is 0 Å². The molecule has 0 bridgehead atoms. The van der Waals surface area contributed by atoms with Gasteiger partial charge in [0.1, 0.15) is 0 Å². The molecule has 0 saturated carbocycles. The van der Waals surface area contributed by atoms with Crippen molar-refractivity contribution in [1.29, 1.82) is 0 Å². The third-order valence-electron chi connectivity index (χ3n) is 4.02. The van der Waals surface area contributed by atoms with Crippen molar-refractivity contribution in [2.75, 3.05) is 0 Å². The summed E-state index contributed by atoms with van der Waals surface area (Å²) in [5, 5.41) is 0. The molecule has 5 rings (SSSR count). The zero-order valence-corrected chi connectivity index (χ0v) is 19.6. The SMILES string of the molecule is C(#C[c-]1cccc1)c1ccc(C#C[c-]2cccc2)cc1.[Fe].[Fe].[cH-]1[cH-][cH-][cH-][cH-]1.c1cc[cH-]c1. The predicted molar refractivity (Wildman–Crippen MR) is 127 cm³/mol. The van der Waals surface area contributed by atoms with Crippen molar-refractivity contribution in [2.45, 2.75) is 0 Å². The normalized spacial score (nSPS) is 8.25. The maximum atomic E-state index is 3.15. The molecule has 0 nitrogen and oxygen atoms in total. The van der Waals surface area contributed by atoms with E-state index in [0.29, 0.717) is 0 Å². The van der Waals surface area contributed by atoms with E-state index in [1.165, 1.54) is 0 Å². The van der Waals surface area contributed by atoms with Crippen LogP contribution in [0.3, 0.4) is 0 Å². The molecule has 0 saturated heterocycles. The summed E-state index contributed by atoms with van der Waals surface area (Å²) in [6.45, 7) is 0. The van der Waals surface area contributed by atoms with Crippen LogP contribution in [0.15, 0.2) is 133 Å². The average molecular weight is 494 g/mol. The van der Waals surface area contributed by atoms with Crippen molar-refractivity contribution < 1.29 is 34.1 Å². The third-order valence-corrected chi connectivity index (χ3v) is 4.02. The van der Waals surface area contributed by atoms with E-state index < -0.39 is 0 Å². The quantitative estimate of drug-likeness (QED) is 0.127. The molecule has 5 aromatic rings. The van der Waals surface area contributed by atoms with Crippen molar-refractivity contribution in [3.8, 4) is 23.7 Å². The molecule has 0 fully saturated rings. The Balaban J connectivity index is 0.000000353.